The van der Waals surface area contributed by atoms with Crippen molar-refractivity contribution in [1.29, 1.82) is 0 Å². The van der Waals surface area contributed by atoms with Gasteiger partial charge in [-0.2, -0.15) is 22.5 Å². The zero-order chi connectivity index (χ0) is 19.8. The molecule has 27 heavy (non-hydrogen) atoms. The van der Waals surface area contributed by atoms with Gasteiger partial charge in [-0.05, 0) is 37.1 Å². The Morgan fingerprint density at radius 2 is 1.44 bits per heavy atom. The maximum absolute atomic E-state index is 13.8. The molecular formula is C16H14F5N3O2S. The van der Waals surface area contributed by atoms with Crippen LogP contribution in [0.1, 0.15) is 12.8 Å². The first-order chi connectivity index (χ1) is 12.7. The van der Waals surface area contributed by atoms with Crippen LogP contribution >= 0.6 is 0 Å². The lowest BCUT2D eigenvalue weighted by molar-refractivity contribution is 0.396. The monoisotopic (exact) mass is 407 g/mol. The molecule has 1 saturated heterocycles. The van der Waals surface area contributed by atoms with Gasteiger partial charge in [0, 0.05) is 19.1 Å². The molecule has 0 atom stereocenters. The van der Waals surface area contributed by atoms with Crippen LogP contribution in [0.3, 0.4) is 0 Å². The number of nitrogens with zero attached hydrogens (tertiary/aromatic N) is 2. The van der Waals surface area contributed by atoms with Crippen LogP contribution in [-0.4, -0.2) is 32.5 Å². The highest BCUT2D eigenvalue weighted by Crippen LogP contribution is 2.29. The Kier molecular flexibility index (Phi) is 5.33. The van der Waals surface area contributed by atoms with Gasteiger partial charge in [0.15, 0.2) is 0 Å². The number of piperidine rings is 1. The minimum Gasteiger partial charge on any atom is -0.366 e. The van der Waals surface area contributed by atoms with Crippen molar-refractivity contribution in [2.45, 2.75) is 23.8 Å². The van der Waals surface area contributed by atoms with Gasteiger partial charge < -0.3 is 4.90 Å². The topological polar surface area (TPSA) is 62.3 Å². The summed E-state index contributed by atoms with van der Waals surface area (Å²) in [6, 6.07) is 3.68. The first kappa shape index (κ1) is 19.5. The number of anilines is 1. The minimum absolute atomic E-state index is 0.0344. The maximum atomic E-state index is 13.8. The molecule has 0 bridgehead atoms. The van der Waals surface area contributed by atoms with Crippen LogP contribution in [0.15, 0.2) is 29.2 Å². The van der Waals surface area contributed by atoms with Crippen molar-refractivity contribution < 1.29 is 30.4 Å². The van der Waals surface area contributed by atoms with Crippen LogP contribution in [-0.2, 0) is 10.0 Å². The third-order valence-electron chi connectivity index (χ3n) is 4.23. The Hall–Kier alpha value is -2.27. The van der Waals surface area contributed by atoms with Crippen molar-refractivity contribution in [1.82, 2.24) is 9.71 Å². The second-order valence-electron chi connectivity index (χ2n) is 6.01. The molecular weight excluding hydrogens is 393 g/mol. The summed E-state index contributed by atoms with van der Waals surface area (Å²) in [7, 11) is -3.90. The second kappa shape index (κ2) is 7.39. The summed E-state index contributed by atoms with van der Waals surface area (Å²) in [6.45, 7) is -0.0688. The van der Waals surface area contributed by atoms with Gasteiger partial charge >= 0.3 is 0 Å². The fourth-order valence-corrected chi connectivity index (χ4v) is 4.18. The molecule has 2 aromatic rings. The third-order valence-corrected chi connectivity index (χ3v) is 5.77. The molecule has 3 rings (SSSR count). The van der Waals surface area contributed by atoms with Crippen LogP contribution < -0.4 is 9.62 Å². The normalized spacial score (nSPS) is 16.0. The van der Waals surface area contributed by atoms with E-state index in [1.54, 1.807) is 0 Å². The summed E-state index contributed by atoms with van der Waals surface area (Å²) in [5, 5.41) is 0. The van der Waals surface area contributed by atoms with Gasteiger partial charge in [0.25, 0.3) is 11.9 Å². The average Bonchev–Trinajstić information content (AvgIpc) is 2.62. The van der Waals surface area contributed by atoms with Gasteiger partial charge in [0.05, 0.1) is 4.90 Å². The summed E-state index contributed by atoms with van der Waals surface area (Å²) in [5.74, 6) is -7.27. The highest BCUT2D eigenvalue weighted by molar-refractivity contribution is 7.89. The lowest BCUT2D eigenvalue weighted by Gasteiger charge is -2.34. The molecule has 5 nitrogen and oxygen atoms in total. The molecule has 1 aromatic heterocycles. The van der Waals surface area contributed by atoms with E-state index in [4.69, 9.17) is 0 Å². The molecule has 1 aromatic carbocycles. The zero-order valence-corrected chi connectivity index (χ0v) is 14.5. The standard InChI is InChI=1S/C16H14F5N3O2S/c17-9-1-3-11(4-2-9)27(25,26)23-10-5-7-24(8-6-10)14-12(18)15(20)22-16(21)13(14)19/h1-4,10,23H,5-8H2. The molecule has 0 amide bonds. The van der Waals surface area contributed by atoms with Crippen molar-refractivity contribution in [3.63, 3.8) is 0 Å². The first-order valence-electron chi connectivity index (χ1n) is 7.92. The van der Waals surface area contributed by atoms with Gasteiger partial charge in [0.1, 0.15) is 11.5 Å². The minimum atomic E-state index is -3.90. The van der Waals surface area contributed by atoms with Crippen LogP contribution in [0.25, 0.3) is 0 Å². The van der Waals surface area contributed by atoms with Crippen molar-refractivity contribution >= 4 is 15.7 Å². The van der Waals surface area contributed by atoms with Gasteiger partial charge in [-0.3, -0.25) is 0 Å². The summed E-state index contributed by atoms with van der Waals surface area (Å²) >= 11 is 0. The van der Waals surface area contributed by atoms with Gasteiger partial charge in [-0.25, -0.2) is 17.5 Å². The largest absolute Gasteiger partial charge is 0.366 e. The number of rotatable bonds is 4. The number of sulfonamides is 1. The number of halogens is 5. The van der Waals surface area contributed by atoms with Crippen molar-refractivity contribution in [3.05, 3.63) is 53.6 Å². The Balaban J connectivity index is 1.70. The Labute approximate surface area is 151 Å². The van der Waals surface area contributed by atoms with E-state index >= 15 is 0 Å². The van der Waals surface area contributed by atoms with Crippen molar-refractivity contribution in [2.75, 3.05) is 18.0 Å². The molecule has 1 aliphatic rings. The molecule has 146 valence electrons. The SMILES string of the molecule is O=S(=O)(NC1CCN(c2c(F)c(F)nc(F)c2F)CC1)c1ccc(F)cc1. The fourth-order valence-electron chi connectivity index (χ4n) is 2.88. The Bertz CT molecular complexity index is 919. The summed E-state index contributed by atoms with van der Waals surface area (Å²) in [4.78, 5) is 3.48. The van der Waals surface area contributed by atoms with Gasteiger partial charge in [-0.1, -0.05) is 0 Å². The molecule has 1 fully saturated rings. The first-order valence-corrected chi connectivity index (χ1v) is 9.40. The number of nitrogens with one attached hydrogen (secondary N) is 1. The number of pyridine rings is 1. The molecule has 2 heterocycles. The number of hydrogen-bond donors (Lipinski definition) is 1. The molecule has 1 aliphatic heterocycles. The second-order valence-corrected chi connectivity index (χ2v) is 7.72. The van der Waals surface area contributed by atoms with E-state index in [0.717, 1.165) is 29.2 Å². The zero-order valence-electron chi connectivity index (χ0n) is 13.7. The lowest BCUT2D eigenvalue weighted by atomic mass is 10.1. The molecule has 0 radical (unpaired) electrons. The van der Waals surface area contributed by atoms with Crippen molar-refractivity contribution in [2.24, 2.45) is 0 Å². The average molecular weight is 407 g/mol. The van der Waals surface area contributed by atoms with Crippen LogP contribution in [0.2, 0.25) is 0 Å². The van der Waals surface area contributed by atoms with E-state index in [1.807, 2.05) is 0 Å². The Morgan fingerprint density at radius 1 is 0.926 bits per heavy atom. The van der Waals surface area contributed by atoms with Crippen molar-refractivity contribution in [3.8, 4) is 0 Å². The van der Waals surface area contributed by atoms with E-state index in [0.29, 0.717) is 0 Å². The van der Waals surface area contributed by atoms with E-state index in [9.17, 15) is 30.4 Å². The van der Waals surface area contributed by atoms with E-state index in [2.05, 4.69) is 9.71 Å². The predicted molar refractivity (Wildman–Crippen MR) is 86.0 cm³/mol. The Morgan fingerprint density at radius 3 is 1.96 bits per heavy atom. The third kappa shape index (κ3) is 4.03. The molecule has 0 spiro atoms. The summed E-state index contributed by atoms with van der Waals surface area (Å²) in [6.07, 6.45) is 0.287. The molecule has 1 N–H and O–H groups in total. The number of benzene rings is 1. The smallest absolute Gasteiger partial charge is 0.253 e. The summed E-state index contributed by atoms with van der Waals surface area (Å²) < 4.78 is 94.1. The highest BCUT2D eigenvalue weighted by atomic mass is 32.2. The molecule has 0 saturated carbocycles. The summed E-state index contributed by atoms with van der Waals surface area (Å²) in [5.41, 5.74) is -0.861. The van der Waals surface area contributed by atoms with E-state index < -0.39 is 51.1 Å². The van der Waals surface area contributed by atoms with Gasteiger partial charge in [0.2, 0.25) is 21.7 Å². The number of aromatic nitrogens is 1. The lowest BCUT2D eigenvalue weighted by Crippen LogP contribution is -2.45. The van der Waals surface area contributed by atoms with Gasteiger partial charge in [-0.15, -0.1) is 0 Å². The fraction of sp³-hybridized carbons (Fsp3) is 0.312. The molecule has 11 heteroatoms. The highest BCUT2D eigenvalue weighted by Gasteiger charge is 2.30. The molecule has 0 aliphatic carbocycles. The predicted octanol–water partition coefficient (Wildman–Crippen LogP) is 2.72. The van der Waals surface area contributed by atoms with E-state index in [-0.39, 0.29) is 30.8 Å². The van der Waals surface area contributed by atoms with E-state index in [1.165, 1.54) is 0 Å². The molecule has 0 unspecified atom stereocenters. The number of hydrogen-bond acceptors (Lipinski definition) is 4. The van der Waals surface area contributed by atoms with Crippen LogP contribution in [0.4, 0.5) is 27.6 Å². The van der Waals surface area contributed by atoms with Crippen LogP contribution in [0.5, 0.6) is 0 Å². The quantitative estimate of drug-likeness (QED) is 0.626. The maximum Gasteiger partial charge on any atom is 0.253 e. The van der Waals surface area contributed by atoms with Crippen LogP contribution in [0, 0.1) is 29.3 Å².